The molecule has 1 saturated heterocycles. The van der Waals surface area contributed by atoms with Crippen LogP contribution in [0.25, 0.3) is 0 Å². The van der Waals surface area contributed by atoms with Gasteiger partial charge < -0.3 is 14.0 Å². The van der Waals surface area contributed by atoms with Crippen molar-refractivity contribution in [2.24, 2.45) is 5.92 Å². The van der Waals surface area contributed by atoms with Crippen LogP contribution in [0.15, 0.2) is 24.3 Å². The maximum absolute atomic E-state index is 5.57. The van der Waals surface area contributed by atoms with Crippen molar-refractivity contribution in [3.05, 3.63) is 41.5 Å². The Bertz CT molecular complexity index is 705. The van der Waals surface area contributed by atoms with E-state index in [0.29, 0.717) is 11.8 Å². The summed E-state index contributed by atoms with van der Waals surface area (Å²) in [7, 11) is 1.70. The zero-order valence-corrected chi connectivity index (χ0v) is 15.7. The lowest BCUT2D eigenvalue weighted by Gasteiger charge is -2.29. The van der Waals surface area contributed by atoms with Gasteiger partial charge in [0.25, 0.3) is 0 Å². The fourth-order valence-corrected chi connectivity index (χ4v) is 4.43. The quantitative estimate of drug-likeness (QED) is 0.819. The second-order valence-corrected chi connectivity index (χ2v) is 7.53. The summed E-state index contributed by atoms with van der Waals surface area (Å²) < 4.78 is 13.2. The standard InChI is InChI=1S/C21H29N3O2/c1-25-18-8-5-16(6-9-18)7-10-20-22-23-21-19(4-2-3-13-24(20)21)17-11-14-26-15-12-17/h5-6,8-9,17,19H,2-4,7,10-15H2,1H3. The van der Waals surface area contributed by atoms with Crippen molar-refractivity contribution < 1.29 is 9.47 Å². The van der Waals surface area contributed by atoms with E-state index in [1.807, 2.05) is 12.1 Å². The molecule has 5 heteroatoms. The number of hydrogen-bond donors (Lipinski definition) is 0. The second-order valence-electron chi connectivity index (χ2n) is 7.53. The second kappa shape index (κ2) is 8.21. The van der Waals surface area contributed by atoms with Gasteiger partial charge in [0.2, 0.25) is 0 Å². The highest BCUT2D eigenvalue weighted by Gasteiger charge is 2.31. The lowest BCUT2D eigenvalue weighted by molar-refractivity contribution is 0.0556. The minimum atomic E-state index is 0.559. The molecule has 0 spiro atoms. The Balaban J connectivity index is 1.48. The van der Waals surface area contributed by atoms with Crippen LogP contribution in [0.3, 0.4) is 0 Å². The third-order valence-corrected chi connectivity index (χ3v) is 5.97. The van der Waals surface area contributed by atoms with Crippen molar-refractivity contribution in [2.45, 2.75) is 57.4 Å². The topological polar surface area (TPSA) is 49.2 Å². The van der Waals surface area contributed by atoms with Gasteiger partial charge in [-0.2, -0.15) is 0 Å². The molecule has 1 aromatic heterocycles. The van der Waals surface area contributed by atoms with Crippen LogP contribution >= 0.6 is 0 Å². The summed E-state index contributed by atoms with van der Waals surface area (Å²) in [5, 5.41) is 9.26. The Morgan fingerprint density at radius 1 is 1.04 bits per heavy atom. The number of nitrogens with zero attached hydrogens (tertiary/aromatic N) is 3. The van der Waals surface area contributed by atoms with Crippen LogP contribution in [-0.4, -0.2) is 35.1 Å². The first-order chi connectivity index (χ1) is 12.8. The van der Waals surface area contributed by atoms with Crippen LogP contribution in [0.1, 0.15) is 55.2 Å². The molecular formula is C21H29N3O2. The number of rotatable bonds is 5. The molecular weight excluding hydrogens is 326 g/mol. The number of fused-ring (bicyclic) bond motifs is 1. The molecule has 1 unspecified atom stereocenters. The van der Waals surface area contributed by atoms with Crippen LogP contribution in [0.5, 0.6) is 5.75 Å². The molecule has 2 aromatic rings. The van der Waals surface area contributed by atoms with E-state index in [9.17, 15) is 0 Å². The van der Waals surface area contributed by atoms with E-state index in [1.54, 1.807) is 7.11 Å². The molecule has 0 radical (unpaired) electrons. The van der Waals surface area contributed by atoms with Crippen molar-refractivity contribution in [1.29, 1.82) is 0 Å². The van der Waals surface area contributed by atoms with Gasteiger partial charge in [0, 0.05) is 32.1 Å². The molecule has 0 aliphatic carbocycles. The number of methoxy groups -OCH3 is 1. The van der Waals surface area contributed by atoms with Gasteiger partial charge in [-0.25, -0.2) is 0 Å². The molecule has 0 bridgehead atoms. The molecule has 1 aromatic carbocycles. The maximum Gasteiger partial charge on any atom is 0.136 e. The minimum Gasteiger partial charge on any atom is -0.497 e. The summed E-state index contributed by atoms with van der Waals surface area (Å²) in [6.45, 7) is 2.87. The summed E-state index contributed by atoms with van der Waals surface area (Å²) in [5.74, 6) is 4.56. The van der Waals surface area contributed by atoms with Crippen LogP contribution < -0.4 is 4.74 Å². The summed E-state index contributed by atoms with van der Waals surface area (Å²) in [6, 6.07) is 8.34. The number of aryl methyl sites for hydroxylation is 2. The lowest BCUT2D eigenvalue weighted by atomic mass is 9.82. The number of hydrogen-bond acceptors (Lipinski definition) is 4. The normalized spacial score (nSPS) is 21.2. The van der Waals surface area contributed by atoms with Gasteiger partial charge in [-0.15, -0.1) is 10.2 Å². The van der Waals surface area contributed by atoms with E-state index in [0.717, 1.165) is 44.2 Å². The summed E-state index contributed by atoms with van der Waals surface area (Å²) in [4.78, 5) is 0. The summed E-state index contributed by atoms with van der Waals surface area (Å²) in [5.41, 5.74) is 1.32. The van der Waals surface area contributed by atoms with Gasteiger partial charge in [0.15, 0.2) is 0 Å². The van der Waals surface area contributed by atoms with Gasteiger partial charge in [0.1, 0.15) is 17.4 Å². The molecule has 0 saturated carbocycles. The third-order valence-electron chi connectivity index (χ3n) is 5.97. The van der Waals surface area contributed by atoms with E-state index in [-0.39, 0.29) is 0 Å². The Labute approximate surface area is 155 Å². The Kier molecular flexibility index (Phi) is 5.54. The van der Waals surface area contributed by atoms with Gasteiger partial charge in [0.05, 0.1) is 7.11 Å². The Hall–Kier alpha value is -1.88. The molecule has 26 heavy (non-hydrogen) atoms. The lowest BCUT2D eigenvalue weighted by Crippen LogP contribution is -2.24. The van der Waals surface area contributed by atoms with E-state index in [1.165, 1.54) is 43.5 Å². The largest absolute Gasteiger partial charge is 0.497 e. The smallest absolute Gasteiger partial charge is 0.136 e. The van der Waals surface area contributed by atoms with Crippen molar-refractivity contribution in [1.82, 2.24) is 14.8 Å². The monoisotopic (exact) mass is 355 g/mol. The fourth-order valence-electron chi connectivity index (χ4n) is 4.43. The van der Waals surface area contributed by atoms with E-state index >= 15 is 0 Å². The number of aromatic nitrogens is 3. The molecule has 4 rings (SSSR count). The van der Waals surface area contributed by atoms with Gasteiger partial charge in [-0.1, -0.05) is 18.6 Å². The molecule has 2 aliphatic rings. The van der Waals surface area contributed by atoms with Crippen LogP contribution in [-0.2, 0) is 24.1 Å². The number of benzene rings is 1. The molecule has 1 atom stereocenters. The SMILES string of the molecule is COc1ccc(CCc2nnc3n2CCCCC3C2CCOCC2)cc1. The highest BCUT2D eigenvalue weighted by molar-refractivity contribution is 5.27. The van der Waals surface area contributed by atoms with Gasteiger partial charge >= 0.3 is 0 Å². The molecule has 2 aliphatic heterocycles. The Morgan fingerprint density at radius 3 is 2.62 bits per heavy atom. The predicted octanol–water partition coefficient (Wildman–Crippen LogP) is 3.77. The van der Waals surface area contributed by atoms with E-state index < -0.39 is 0 Å². The first-order valence-corrected chi connectivity index (χ1v) is 9.98. The first kappa shape index (κ1) is 17.5. The molecule has 0 N–H and O–H groups in total. The van der Waals surface area contributed by atoms with Gasteiger partial charge in [-0.05, 0) is 55.7 Å². The van der Waals surface area contributed by atoms with Crippen LogP contribution in [0.4, 0.5) is 0 Å². The maximum atomic E-state index is 5.57. The summed E-state index contributed by atoms with van der Waals surface area (Å²) >= 11 is 0. The third kappa shape index (κ3) is 3.78. The highest BCUT2D eigenvalue weighted by atomic mass is 16.5. The summed E-state index contributed by atoms with van der Waals surface area (Å²) in [6.07, 6.45) is 8.05. The predicted molar refractivity (Wildman–Crippen MR) is 101 cm³/mol. The average molecular weight is 355 g/mol. The molecule has 3 heterocycles. The molecule has 5 nitrogen and oxygen atoms in total. The fraction of sp³-hybridized carbons (Fsp3) is 0.619. The van der Waals surface area contributed by atoms with Crippen molar-refractivity contribution in [3.8, 4) is 5.75 Å². The van der Waals surface area contributed by atoms with E-state index in [2.05, 4.69) is 26.9 Å². The van der Waals surface area contributed by atoms with Crippen molar-refractivity contribution in [2.75, 3.05) is 20.3 Å². The molecule has 0 amide bonds. The van der Waals surface area contributed by atoms with E-state index in [4.69, 9.17) is 9.47 Å². The first-order valence-electron chi connectivity index (χ1n) is 9.98. The van der Waals surface area contributed by atoms with Crippen LogP contribution in [0.2, 0.25) is 0 Å². The minimum absolute atomic E-state index is 0.559. The molecule has 140 valence electrons. The average Bonchev–Trinajstić information content (AvgIpc) is 2.97. The zero-order chi connectivity index (χ0) is 17.8. The van der Waals surface area contributed by atoms with Crippen molar-refractivity contribution >= 4 is 0 Å². The number of ether oxygens (including phenoxy) is 2. The van der Waals surface area contributed by atoms with Gasteiger partial charge in [-0.3, -0.25) is 0 Å². The van der Waals surface area contributed by atoms with Crippen molar-refractivity contribution in [3.63, 3.8) is 0 Å². The highest BCUT2D eigenvalue weighted by Crippen LogP contribution is 2.37. The Morgan fingerprint density at radius 2 is 1.85 bits per heavy atom. The zero-order valence-electron chi connectivity index (χ0n) is 15.7. The molecule has 1 fully saturated rings. The van der Waals surface area contributed by atoms with Crippen LogP contribution in [0, 0.1) is 5.92 Å².